The van der Waals surface area contributed by atoms with Crippen molar-refractivity contribution < 1.29 is 14.7 Å². The van der Waals surface area contributed by atoms with Gasteiger partial charge >= 0.3 is 5.97 Å². The van der Waals surface area contributed by atoms with Gasteiger partial charge in [-0.1, -0.05) is 6.07 Å². The zero-order valence-electron chi connectivity index (χ0n) is 15.1. The minimum absolute atomic E-state index is 0.0320. The second kappa shape index (κ2) is 9.09. The van der Waals surface area contributed by atoms with E-state index in [9.17, 15) is 9.59 Å². The van der Waals surface area contributed by atoms with E-state index in [1.807, 2.05) is 23.1 Å². The lowest BCUT2D eigenvalue weighted by Crippen LogP contribution is -2.51. The van der Waals surface area contributed by atoms with E-state index in [1.54, 1.807) is 6.20 Å². The Morgan fingerprint density at radius 2 is 2.00 bits per heavy atom. The first-order chi connectivity index (χ1) is 12.6. The molecule has 0 aliphatic carbocycles. The summed E-state index contributed by atoms with van der Waals surface area (Å²) in [6, 6.07) is 6.17. The monoisotopic (exact) mass is 360 g/mol. The molecule has 1 atom stereocenters. The standard InChI is InChI=1S/C19H28N4O3/c24-18(25)14-22-10-6-17(7-11-22)23-9-3-4-15(13-23)19(26)21-12-16-5-1-2-8-20-16/h1-2,5,8,15,17H,3-4,6-7,9-14H2,(H,21,26)(H,24,25). The topological polar surface area (TPSA) is 85.8 Å². The number of amides is 1. The molecule has 7 heteroatoms. The van der Waals surface area contributed by atoms with Gasteiger partial charge in [-0.05, 0) is 44.4 Å². The Bertz CT molecular complexity index is 602. The van der Waals surface area contributed by atoms with Gasteiger partial charge in [0.25, 0.3) is 0 Å². The van der Waals surface area contributed by atoms with Crippen LogP contribution in [0.25, 0.3) is 0 Å². The molecule has 142 valence electrons. The fourth-order valence-electron chi connectivity index (χ4n) is 4.01. The van der Waals surface area contributed by atoms with Gasteiger partial charge in [0, 0.05) is 31.9 Å². The molecule has 0 radical (unpaired) electrons. The number of pyridine rings is 1. The van der Waals surface area contributed by atoms with Crippen LogP contribution >= 0.6 is 0 Å². The maximum Gasteiger partial charge on any atom is 0.317 e. The summed E-state index contributed by atoms with van der Waals surface area (Å²) in [7, 11) is 0. The molecule has 7 nitrogen and oxygen atoms in total. The highest BCUT2D eigenvalue weighted by Crippen LogP contribution is 2.24. The number of carbonyl (C=O) groups excluding carboxylic acids is 1. The van der Waals surface area contributed by atoms with Crippen LogP contribution in [0.3, 0.4) is 0 Å². The summed E-state index contributed by atoms with van der Waals surface area (Å²) in [5.74, 6) is -0.612. The molecule has 1 amide bonds. The quantitative estimate of drug-likeness (QED) is 0.786. The molecule has 2 saturated heterocycles. The molecule has 0 spiro atoms. The van der Waals surface area contributed by atoms with Gasteiger partial charge in [0.05, 0.1) is 24.7 Å². The number of rotatable bonds is 6. The zero-order chi connectivity index (χ0) is 18.4. The van der Waals surface area contributed by atoms with Crippen LogP contribution in [-0.4, -0.2) is 70.5 Å². The summed E-state index contributed by atoms with van der Waals surface area (Å²) in [6.07, 6.45) is 5.67. The summed E-state index contributed by atoms with van der Waals surface area (Å²) in [4.78, 5) is 32.0. The molecule has 1 aromatic rings. The van der Waals surface area contributed by atoms with E-state index in [0.717, 1.165) is 57.6 Å². The number of hydrogen-bond donors (Lipinski definition) is 2. The highest BCUT2D eigenvalue weighted by atomic mass is 16.4. The molecular weight excluding hydrogens is 332 g/mol. The van der Waals surface area contributed by atoms with Gasteiger partial charge in [-0.2, -0.15) is 0 Å². The number of aliphatic carboxylic acids is 1. The van der Waals surface area contributed by atoms with Crippen LogP contribution in [-0.2, 0) is 16.1 Å². The Morgan fingerprint density at radius 1 is 1.19 bits per heavy atom. The lowest BCUT2D eigenvalue weighted by molar-refractivity contribution is -0.139. The van der Waals surface area contributed by atoms with E-state index in [1.165, 1.54) is 0 Å². The Morgan fingerprint density at radius 3 is 2.69 bits per heavy atom. The van der Waals surface area contributed by atoms with Crippen molar-refractivity contribution in [2.24, 2.45) is 5.92 Å². The third kappa shape index (κ3) is 5.25. The fourth-order valence-corrected chi connectivity index (χ4v) is 4.01. The maximum absolute atomic E-state index is 12.5. The number of nitrogens with zero attached hydrogens (tertiary/aromatic N) is 3. The van der Waals surface area contributed by atoms with Gasteiger partial charge in [-0.3, -0.25) is 24.4 Å². The van der Waals surface area contributed by atoms with Gasteiger partial charge < -0.3 is 10.4 Å². The first-order valence-corrected chi connectivity index (χ1v) is 9.47. The smallest absolute Gasteiger partial charge is 0.317 e. The molecule has 2 N–H and O–H groups in total. The summed E-state index contributed by atoms with van der Waals surface area (Å²) < 4.78 is 0. The van der Waals surface area contributed by atoms with Gasteiger partial charge in [-0.25, -0.2) is 0 Å². The van der Waals surface area contributed by atoms with Crippen molar-refractivity contribution in [2.75, 3.05) is 32.7 Å². The number of aromatic nitrogens is 1. The summed E-state index contributed by atoms with van der Waals surface area (Å²) in [5, 5.41) is 11.9. The molecule has 0 aromatic carbocycles. The molecule has 0 bridgehead atoms. The number of carboxylic acid groups (broad SMARTS) is 1. The maximum atomic E-state index is 12.5. The van der Waals surface area contributed by atoms with E-state index in [4.69, 9.17) is 5.11 Å². The van der Waals surface area contributed by atoms with Gasteiger partial charge in [0.1, 0.15) is 0 Å². The molecule has 3 rings (SSSR count). The predicted octanol–water partition coefficient (Wildman–Crippen LogP) is 0.959. The molecule has 1 unspecified atom stereocenters. The van der Waals surface area contributed by atoms with Crippen LogP contribution in [0.4, 0.5) is 0 Å². The van der Waals surface area contributed by atoms with E-state index >= 15 is 0 Å². The van der Waals surface area contributed by atoms with Crippen LogP contribution < -0.4 is 5.32 Å². The molecule has 1 aromatic heterocycles. The minimum atomic E-state index is -0.758. The average Bonchev–Trinajstić information content (AvgIpc) is 2.67. The number of carbonyl (C=O) groups is 2. The molecule has 2 aliphatic heterocycles. The van der Waals surface area contributed by atoms with Crippen molar-refractivity contribution in [3.05, 3.63) is 30.1 Å². The Labute approximate surface area is 154 Å². The van der Waals surface area contributed by atoms with Gasteiger partial charge in [0.15, 0.2) is 0 Å². The lowest BCUT2D eigenvalue weighted by Gasteiger charge is -2.41. The number of likely N-dealkylation sites (tertiary alicyclic amines) is 2. The van der Waals surface area contributed by atoms with Crippen molar-refractivity contribution >= 4 is 11.9 Å². The van der Waals surface area contributed by atoms with Crippen molar-refractivity contribution in [3.8, 4) is 0 Å². The second-order valence-corrected chi connectivity index (χ2v) is 7.27. The number of nitrogens with one attached hydrogen (secondary N) is 1. The third-order valence-electron chi connectivity index (χ3n) is 5.43. The minimum Gasteiger partial charge on any atom is -0.480 e. The van der Waals surface area contributed by atoms with E-state index in [0.29, 0.717) is 12.6 Å². The lowest BCUT2D eigenvalue weighted by atomic mass is 9.93. The molecule has 26 heavy (non-hydrogen) atoms. The number of piperidine rings is 2. The Kier molecular flexibility index (Phi) is 6.57. The van der Waals surface area contributed by atoms with Gasteiger partial charge in [-0.15, -0.1) is 0 Å². The summed E-state index contributed by atoms with van der Waals surface area (Å²) in [5.41, 5.74) is 0.874. The van der Waals surface area contributed by atoms with E-state index in [-0.39, 0.29) is 18.4 Å². The van der Waals surface area contributed by atoms with Crippen LogP contribution in [0.5, 0.6) is 0 Å². The normalized spacial score (nSPS) is 22.8. The van der Waals surface area contributed by atoms with Gasteiger partial charge in [0.2, 0.25) is 5.91 Å². The molecular formula is C19H28N4O3. The highest BCUT2D eigenvalue weighted by Gasteiger charge is 2.31. The van der Waals surface area contributed by atoms with Crippen molar-refractivity contribution in [1.82, 2.24) is 20.1 Å². The Balaban J connectivity index is 1.45. The summed E-state index contributed by atoms with van der Waals surface area (Å²) in [6.45, 7) is 4.09. The Hall–Kier alpha value is -1.99. The van der Waals surface area contributed by atoms with Crippen LogP contribution in [0.2, 0.25) is 0 Å². The molecule has 3 heterocycles. The SMILES string of the molecule is O=C(O)CN1CCC(N2CCCC(C(=O)NCc3ccccn3)C2)CC1. The highest BCUT2D eigenvalue weighted by molar-refractivity contribution is 5.78. The first kappa shape index (κ1) is 18.8. The predicted molar refractivity (Wildman–Crippen MR) is 97.5 cm³/mol. The average molecular weight is 360 g/mol. The first-order valence-electron chi connectivity index (χ1n) is 9.47. The van der Waals surface area contributed by atoms with Crippen molar-refractivity contribution in [1.29, 1.82) is 0 Å². The van der Waals surface area contributed by atoms with Crippen LogP contribution in [0, 0.1) is 5.92 Å². The van der Waals surface area contributed by atoms with E-state index in [2.05, 4.69) is 15.2 Å². The van der Waals surface area contributed by atoms with Crippen molar-refractivity contribution in [3.63, 3.8) is 0 Å². The second-order valence-electron chi connectivity index (χ2n) is 7.27. The largest absolute Gasteiger partial charge is 0.480 e. The molecule has 2 aliphatic rings. The fraction of sp³-hybridized carbons (Fsp3) is 0.632. The number of carboxylic acids is 1. The van der Waals surface area contributed by atoms with Crippen LogP contribution in [0.1, 0.15) is 31.4 Å². The third-order valence-corrected chi connectivity index (χ3v) is 5.43. The summed E-state index contributed by atoms with van der Waals surface area (Å²) >= 11 is 0. The zero-order valence-corrected chi connectivity index (χ0v) is 15.1. The van der Waals surface area contributed by atoms with E-state index < -0.39 is 5.97 Å². The van der Waals surface area contributed by atoms with Crippen LogP contribution in [0.15, 0.2) is 24.4 Å². The molecule has 2 fully saturated rings. The number of hydrogen-bond acceptors (Lipinski definition) is 5. The molecule has 0 saturated carbocycles. The van der Waals surface area contributed by atoms with Crippen molar-refractivity contribution in [2.45, 2.75) is 38.3 Å².